The maximum atomic E-state index is 13.9. The van der Waals surface area contributed by atoms with Crippen LogP contribution in [-0.2, 0) is 19.1 Å². The van der Waals surface area contributed by atoms with E-state index in [-0.39, 0.29) is 41.8 Å². The fourth-order valence-electron chi connectivity index (χ4n) is 8.68. The summed E-state index contributed by atoms with van der Waals surface area (Å²) in [6.45, 7) is 8.25. The Hall–Kier alpha value is -5.66. The van der Waals surface area contributed by atoms with Gasteiger partial charge in [-0.05, 0) is 72.1 Å². The van der Waals surface area contributed by atoms with Crippen LogP contribution >= 0.6 is 0 Å². The normalized spacial score (nSPS) is 21.4. The van der Waals surface area contributed by atoms with E-state index in [0.717, 1.165) is 77.4 Å². The highest BCUT2D eigenvalue weighted by Crippen LogP contribution is 2.50. The summed E-state index contributed by atoms with van der Waals surface area (Å²) in [5, 5.41) is 5.45. The van der Waals surface area contributed by atoms with Gasteiger partial charge < -0.3 is 39.9 Å². The molecule has 14 heteroatoms. The largest absolute Gasteiger partial charge is 0.453 e. The molecule has 4 N–H and O–H groups in total. The second-order valence-electron chi connectivity index (χ2n) is 15.8. The van der Waals surface area contributed by atoms with Crippen LogP contribution in [0.5, 0.6) is 0 Å². The quantitative estimate of drug-likeness (QED) is 0.132. The summed E-state index contributed by atoms with van der Waals surface area (Å²) in [7, 11) is 2.59. The molecular weight excluding hydrogens is 713 g/mol. The fraction of sp³-hybridized carbons (Fsp3) is 0.476. The highest BCUT2D eigenvalue weighted by atomic mass is 16.5. The van der Waals surface area contributed by atoms with Crippen LogP contribution in [0.4, 0.5) is 9.59 Å². The zero-order chi connectivity index (χ0) is 39.7. The van der Waals surface area contributed by atoms with Crippen molar-refractivity contribution in [3.63, 3.8) is 0 Å². The van der Waals surface area contributed by atoms with Crippen LogP contribution in [0.2, 0.25) is 0 Å². The van der Waals surface area contributed by atoms with Gasteiger partial charge in [0, 0.05) is 12.6 Å². The van der Waals surface area contributed by atoms with Crippen LogP contribution in [0.3, 0.4) is 0 Å². The second kappa shape index (κ2) is 16.2. The number of hydrogen-bond donors (Lipinski definition) is 4. The first kappa shape index (κ1) is 38.6. The van der Waals surface area contributed by atoms with Crippen LogP contribution in [0, 0.1) is 17.8 Å². The Balaban J connectivity index is 1.02. The van der Waals surface area contributed by atoms with Crippen LogP contribution in [0.1, 0.15) is 83.5 Å². The Bertz CT molecular complexity index is 2040. The third-order valence-corrected chi connectivity index (χ3v) is 11.7. The lowest BCUT2D eigenvalue weighted by atomic mass is 9.95. The van der Waals surface area contributed by atoms with Crippen molar-refractivity contribution >= 4 is 24.0 Å². The summed E-state index contributed by atoms with van der Waals surface area (Å²) in [5.74, 6) is 1.37. The number of imidazole rings is 2. The summed E-state index contributed by atoms with van der Waals surface area (Å²) in [4.78, 5) is 71.7. The van der Waals surface area contributed by atoms with E-state index < -0.39 is 24.3 Å². The minimum Gasteiger partial charge on any atom is -0.453 e. The number of H-pyrrole nitrogens is 2. The monoisotopic (exact) mass is 764 g/mol. The Kier molecular flexibility index (Phi) is 11.2. The molecule has 1 saturated carbocycles. The van der Waals surface area contributed by atoms with Crippen molar-refractivity contribution < 1.29 is 28.7 Å². The number of likely N-dealkylation sites (tertiary alicyclic amines) is 2. The molecule has 1 aliphatic carbocycles. The van der Waals surface area contributed by atoms with Crippen molar-refractivity contribution in [2.45, 2.75) is 90.0 Å². The van der Waals surface area contributed by atoms with Gasteiger partial charge in [0.05, 0.1) is 50.1 Å². The van der Waals surface area contributed by atoms with Crippen molar-refractivity contribution in [1.82, 2.24) is 40.4 Å². The first-order valence-electron chi connectivity index (χ1n) is 19.6. The highest BCUT2D eigenvalue weighted by Gasteiger charge is 2.51. The summed E-state index contributed by atoms with van der Waals surface area (Å²) in [5.41, 5.74) is 5.83. The number of hydrogen-bond acceptors (Lipinski definition) is 8. The van der Waals surface area contributed by atoms with Gasteiger partial charge in [-0.3, -0.25) is 9.59 Å². The van der Waals surface area contributed by atoms with Crippen molar-refractivity contribution in [3.05, 3.63) is 72.6 Å². The van der Waals surface area contributed by atoms with Gasteiger partial charge in [0.25, 0.3) is 0 Å². The van der Waals surface area contributed by atoms with Crippen LogP contribution in [-0.4, -0.2) is 92.6 Å². The Morgan fingerprint density at radius 1 is 0.696 bits per heavy atom. The molecule has 2 saturated heterocycles. The van der Waals surface area contributed by atoms with Crippen LogP contribution in [0.25, 0.3) is 33.6 Å². The van der Waals surface area contributed by atoms with E-state index in [1.54, 1.807) is 6.20 Å². The number of benzene rings is 2. The number of carbonyl (C=O) groups is 4. The number of alkyl carbamates (subject to hydrolysis) is 2. The van der Waals surface area contributed by atoms with E-state index in [9.17, 15) is 19.2 Å². The lowest BCUT2D eigenvalue weighted by molar-refractivity contribution is -0.139. The average Bonchev–Trinajstić information content (AvgIpc) is 4.06. The predicted molar refractivity (Wildman–Crippen MR) is 210 cm³/mol. The smallest absolute Gasteiger partial charge is 0.407 e. The molecule has 3 fully saturated rings. The summed E-state index contributed by atoms with van der Waals surface area (Å²) < 4.78 is 9.57. The van der Waals surface area contributed by atoms with Gasteiger partial charge in [0.2, 0.25) is 11.8 Å². The van der Waals surface area contributed by atoms with Gasteiger partial charge in [0.1, 0.15) is 23.7 Å². The van der Waals surface area contributed by atoms with E-state index >= 15 is 0 Å². The number of nitrogens with one attached hydrogen (secondary N) is 4. The summed E-state index contributed by atoms with van der Waals surface area (Å²) in [6, 6.07) is 15.0. The van der Waals surface area contributed by atoms with Gasteiger partial charge in [-0.2, -0.15) is 0 Å². The molecule has 2 aliphatic heterocycles. The Morgan fingerprint density at radius 2 is 1.20 bits per heavy atom. The molecule has 14 nitrogen and oxygen atoms in total. The Labute approximate surface area is 327 Å². The third-order valence-electron chi connectivity index (χ3n) is 11.7. The first-order chi connectivity index (χ1) is 27.0. The molecule has 4 amide bonds. The highest BCUT2D eigenvalue weighted by molar-refractivity contribution is 5.87. The number of carbonyl (C=O) groups excluding carboxylic acids is 4. The van der Waals surface area contributed by atoms with E-state index in [0.29, 0.717) is 12.5 Å². The van der Waals surface area contributed by atoms with Crippen molar-refractivity contribution in [2.24, 2.45) is 17.8 Å². The number of nitrogens with zero attached hydrogens (tertiary/aromatic N) is 4. The van der Waals surface area contributed by atoms with E-state index in [1.807, 2.05) is 43.7 Å². The zero-order valence-electron chi connectivity index (χ0n) is 32.9. The molecule has 2 bridgehead atoms. The van der Waals surface area contributed by atoms with Gasteiger partial charge >= 0.3 is 12.2 Å². The molecule has 0 spiro atoms. The van der Waals surface area contributed by atoms with Gasteiger partial charge in [-0.15, -0.1) is 0 Å². The summed E-state index contributed by atoms with van der Waals surface area (Å²) in [6.07, 6.45) is 6.96. The minimum atomic E-state index is -0.687. The molecule has 2 aromatic heterocycles. The molecule has 7 rings (SSSR count). The molecule has 2 unspecified atom stereocenters. The predicted octanol–water partition coefficient (Wildman–Crippen LogP) is 6.61. The molecule has 2 aromatic carbocycles. The number of ether oxygens (including phenoxy) is 2. The molecule has 0 radical (unpaired) electrons. The average molecular weight is 765 g/mol. The van der Waals surface area contributed by atoms with Gasteiger partial charge in [-0.25, -0.2) is 19.6 Å². The standard InChI is InChI=1S/C42H52N8O6/c1-23(2)34(47-41(53)55-5)39(51)49-19-7-8-33(49)37-43-21-31(45-37)27-13-9-25(10-14-27)26-11-15-28(16-12-26)32-22-44-38(46-32)36-29-17-18-30(20-29)50(36)40(52)35(24(3)4)48-42(54)56-6/h9-16,21-24,29-30,33-36H,7-8,17-20H2,1-6H3,(H,43,45)(H,44,46)(H,47,53)(H,48,54)/t29-,30+,33?,34-,35-,36?/m0/s1. The van der Waals surface area contributed by atoms with Gasteiger partial charge in [0.15, 0.2) is 0 Å². The van der Waals surface area contributed by atoms with Gasteiger partial charge in [-0.1, -0.05) is 76.2 Å². The molecule has 296 valence electrons. The topological polar surface area (TPSA) is 175 Å². The number of aromatic amines is 2. The van der Waals surface area contributed by atoms with Crippen LogP contribution < -0.4 is 10.6 Å². The maximum Gasteiger partial charge on any atom is 0.407 e. The molecule has 3 aliphatic rings. The van der Waals surface area contributed by atoms with E-state index in [2.05, 4.69) is 74.1 Å². The molecule has 4 heterocycles. The Morgan fingerprint density at radius 3 is 1.73 bits per heavy atom. The molecule has 56 heavy (non-hydrogen) atoms. The number of methoxy groups -OCH3 is 2. The lowest BCUT2D eigenvalue weighted by Gasteiger charge is -2.37. The molecule has 6 atom stereocenters. The molecule has 4 aromatic rings. The van der Waals surface area contributed by atoms with Crippen molar-refractivity contribution in [1.29, 1.82) is 0 Å². The lowest BCUT2D eigenvalue weighted by Crippen LogP contribution is -2.54. The van der Waals surface area contributed by atoms with Crippen molar-refractivity contribution in [2.75, 3.05) is 20.8 Å². The summed E-state index contributed by atoms with van der Waals surface area (Å²) >= 11 is 0. The van der Waals surface area contributed by atoms with E-state index in [4.69, 9.17) is 14.5 Å². The maximum absolute atomic E-state index is 13.9. The number of fused-ring (bicyclic) bond motifs is 2. The van der Waals surface area contributed by atoms with Crippen molar-refractivity contribution in [3.8, 4) is 33.6 Å². The fourth-order valence-corrected chi connectivity index (χ4v) is 8.68. The number of amides is 4. The second-order valence-corrected chi connectivity index (χ2v) is 15.8. The number of aromatic nitrogens is 4. The minimum absolute atomic E-state index is 0.0949. The zero-order valence-corrected chi connectivity index (χ0v) is 32.9. The number of piperidine rings is 1. The van der Waals surface area contributed by atoms with E-state index in [1.165, 1.54) is 14.2 Å². The number of rotatable bonds is 11. The SMILES string of the molecule is COC(=O)N[C@H](C(=O)N1CCCC1c1ncc(-c2ccc(-c3ccc(-c4cnc(C5[C@H]6CC[C@H](C6)N5C(=O)[C@@H](NC(=O)OC)C(C)C)[nH]4)cc3)cc2)[nH]1)C(C)C. The first-order valence-corrected chi connectivity index (χ1v) is 19.6. The van der Waals surface area contributed by atoms with Crippen LogP contribution in [0.15, 0.2) is 60.9 Å². The molecular formula is C42H52N8O6. The third kappa shape index (κ3) is 7.61.